The van der Waals surface area contributed by atoms with Crippen LogP contribution in [0.3, 0.4) is 0 Å². The molecular weight excluding hydrogens is 308 g/mol. The van der Waals surface area contributed by atoms with Gasteiger partial charge in [0.15, 0.2) is 11.5 Å². The van der Waals surface area contributed by atoms with E-state index in [2.05, 4.69) is 0 Å². The van der Waals surface area contributed by atoms with Crippen molar-refractivity contribution >= 4 is 11.8 Å². The number of hydrogen-bond donors (Lipinski definition) is 0. The van der Waals surface area contributed by atoms with Crippen molar-refractivity contribution < 1.29 is 23.8 Å². The Morgan fingerprint density at radius 1 is 1.21 bits per heavy atom. The van der Waals surface area contributed by atoms with Gasteiger partial charge in [-0.25, -0.2) is 0 Å². The maximum Gasteiger partial charge on any atom is 0.302 e. The summed E-state index contributed by atoms with van der Waals surface area (Å²) >= 11 is 0. The molecule has 3 rings (SSSR count). The Morgan fingerprint density at radius 3 is 2.50 bits per heavy atom. The van der Waals surface area contributed by atoms with Crippen molar-refractivity contribution in [2.24, 2.45) is 0 Å². The number of carbonyl (C=O) groups is 2. The van der Waals surface area contributed by atoms with Gasteiger partial charge < -0.3 is 14.2 Å². The lowest BCUT2D eigenvalue weighted by Gasteiger charge is -2.40. The fraction of sp³-hybridized carbons (Fsp3) is 0.579. The van der Waals surface area contributed by atoms with Gasteiger partial charge in [0.1, 0.15) is 12.4 Å². The fourth-order valence-corrected chi connectivity index (χ4v) is 3.62. The second kappa shape index (κ2) is 6.83. The predicted molar refractivity (Wildman–Crippen MR) is 88.4 cm³/mol. The van der Waals surface area contributed by atoms with Crippen LogP contribution < -0.4 is 9.47 Å². The van der Waals surface area contributed by atoms with Gasteiger partial charge in [0.25, 0.3) is 0 Å². The number of benzene rings is 1. The summed E-state index contributed by atoms with van der Waals surface area (Å²) in [4.78, 5) is 22.8. The zero-order valence-corrected chi connectivity index (χ0v) is 14.3. The van der Waals surface area contributed by atoms with Crippen molar-refractivity contribution in [3.05, 3.63) is 23.8 Å². The lowest BCUT2D eigenvalue weighted by atomic mass is 9.64. The van der Waals surface area contributed by atoms with Crippen LogP contribution in [0.5, 0.6) is 11.5 Å². The highest BCUT2D eigenvalue weighted by molar-refractivity contribution is 5.89. The van der Waals surface area contributed by atoms with Crippen molar-refractivity contribution in [2.75, 3.05) is 13.7 Å². The smallest absolute Gasteiger partial charge is 0.302 e. The molecule has 130 valence electrons. The zero-order valence-electron chi connectivity index (χ0n) is 14.3. The fourth-order valence-electron chi connectivity index (χ4n) is 3.62. The minimum Gasteiger partial charge on any atom is -0.493 e. The van der Waals surface area contributed by atoms with Crippen LogP contribution in [0.2, 0.25) is 0 Å². The number of Topliss-reactive ketones (excluding diaryl/α,β-unsaturated/α-hetero) is 1. The summed E-state index contributed by atoms with van der Waals surface area (Å²) in [5.74, 6) is 1.27. The summed E-state index contributed by atoms with van der Waals surface area (Å²) in [5.41, 5.74) is 0.542. The predicted octanol–water partition coefficient (Wildman–Crippen LogP) is 3.18. The first-order valence-corrected chi connectivity index (χ1v) is 8.53. The summed E-state index contributed by atoms with van der Waals surface area (Å²) in [7, 11) is 1.62. The second-order valence-electron chi connectivity index (χ2n) is 6.84. The number of ether oxygens (including phenoxy) is 3. The molecule has 0 unspecified atom stereocenters. The third kappa shape index (κ3) is 3.40. The van der Waals surface area contributed by atoms with Crippen LogP contribution in [0.15, 0.2) is 18.2 Å². The molecule has 0 spiro atoms. The van der Waals surface area contributed by atoms with E-state index >= 15 is 0 Å². The molecule has 0 aliphatic heterocycles. The summed E-state index contributed by atoms with van der Waals surface area (Å²) in [6.45, 7) is 1.61. The summed E-state index contributed by atoms with van der Waals surface area (Å²) in [6.07, 6.45) is 5.52. The topological polar surface area (TPSA) is 61.8 Å². The molecule has 0 aromatic heterocycles. The Morgan fingerprint density at radius 2 is 1.92 bits per heavy atom. The summed E-state index contributed by atoms with van der Waals surface area (Å²) < 4.78 is 16.8. The SMILES string of the molecule is COc1ccc(C2(COC(C)=O)CC(=O)C2)cc1OC1CCCC1. The van der Waals surface area contributed by atoms with Crippen LogP contribution in [0, 0.1) is 0 Å². The van der Waals surface area contributed by atoms with Gasteiger partial charge in [-0.05, 0) is 43.4 Å². The minimum absolute atomic E-state index is 0.191. The van der Waals surface area contributed by atoms with Crippen LogP contribution >= 0.6 is 0 Å². The average Bonchev–Trinajstić information content (AvgIpc) is 3.03. The lowest BCUT2D eigenvalue weighted by molar-refractivity contribution is -0.147. The van der Waals surface area contributed by atoms with E-state index in [1.54, 1.807) is 7.11 Å². The van der Waals surface area contributed by atoms with Gasteiger partial charge in [-0.1, -0.05) is 6.07 Å². The van der Waals surface area contributed by atoms with Crippen LogP contribution in [0.1, 0.15) is 51.0 Å². The molecule has 0 radical (unpaired) electrons. The van der Waals surface area contributed by atoms with E-state index in [1.165, 1.54) is 19.8 Å². The van der Waals surface area contributed by atoms with E-state index in [4.69, 9.17) is 14.2 Å². The van der Waals surface area contributed by atoms with Crippen LogP contribution in [0.4, 0.5) is 0 Å². The molecule has 1 aromatic carbocycles. The Labute approximate surface area is 142 Å². The molecule has 0 amide bonds. The van der Waals surface area contributed by atoms with Gasteiger partial charge >= 0.3 is 5.97 Å². The monoisotopic (exact) mass is 332 g/mol. The molecular formula is C19H24O5. The van der Waals surface area contributed by atoms with Gasteiger partial charge in [-0.3, -0.25) is 9.59 Å². The quantitative estimate of drug-likeness (QED) is 0.749. The molecule has 2 fully saturated rings. The van der Waals surface area contributed by atoms with Gasteiger partial charge in [-0.2, -0.15) is 0 Å². The molecule has 0 saturated heterocycles. The largest absolute Gasteiger partial charge is 0.493 e. The van der Waals surface area contributed by atoms with E-state index in [9.17, 15) is 9.59 Å². The number of carbonyl (C=O) groups excluding carboxylic acids is 2. The van der Waals surface area contributed by atoms with E-state index in [0.29, 0.717) is 24.3 Å². The van der Waals surface area contributed by atoms with E-state index in [1.807, 2.05) is 18.2 Å². The van der Waals surface area contributed by atoms with E-state index in [-0.39, 0.29) is 24.5 Å². The third-order valence-electron chi connectivity index (χ3n) is 4.99. The van der Waals surface area contributed by atoms with Gasteiger partial charge in [0, 0.05) is 25.2 Å². The molecule has 5 heteroatoms. The van der Waals surface area contributed by atoms with Crippen LogP contribution in [-0.2, 0) is 19.7 Å². The Hall–Kier alpha value is -2.04. The molecule has 0 N–H and O–H groups in total. The maximum atomic E-state index is 11.6. The van der Waals surface area contributed by atoms with Crippen LogP contribution in [0.25, 0.3) is 0 Å². The van der Waals surface area contributed by atoms with Gasteiger partial charge in [0.2, 0.25) is 0 Å². The average molecular weight is 332 g/mol. The zero-order chi connectivity index (χ0) is 17.2. The first kappa shape index (κ1) is 16.8. The highest BCUT2D eigenvalue weighted by Crippen LogP contribution is 2.44. The molecule has 0 bridgehead atoms. The number of methoxy groups -OCH3 is 1. The molecule has 2 saturated carbocycles. The van der Waals surface area contributed by atoms with E-state index in [0.717, 1.165) is 18.4 Å². The Bertz CT molecular complexity index is 623. The van der Waals surface area contributed by atoms with E-state index < -0.39 is 5.41 Å². The Balaban J connectivity index is 1.85. The molecule has 5 nitrogen and oxygen atoms in total. The van der Waals surface area contributed by atoms with Crippen molar-refractivity contribution in [2.45, 2.75) is 57.0 Å². The summed E-state index contributed by atoms with van der Waals surface area (Å²) in [5, 5.41) is 0. The lowest BCUT2D eigenvalue weighted by Crippen LogP contribution is -2.45. The molecule has 0 atom stereocenters. The van der Waals surface area contributed by atoms with Gasteiger partial charge in [0.05, 0.1) is 13.2 Å². The van der Waals surface area contributed by atoms with Gasteiger partial charge in [-0.15, -0.1) is 0 Å². The van der Waals surface area contributed by atoms with Crippen molar-refractivity contribution in [3.63, 3.8) is 0 Å². The molecule has 2 aliphatic carbocycles. The first-order chi connectivity index (χ1) is 11.5. The third-order valence-corrected chi connectivity index (χ3v) is 4.99. The second-order valence-corrected chi connectivity index (χ2v) is 6.84. The first-order valence-electron chi connectivity index (χ1n) is 8.53. The van der Waals surface area contributed by atoms with Crippen LogP contribution in [-0.4, -0.2) is 31.6 Å². The standard InChI is InChI=1S/C19H24O5/c1-13(20)23-12-19(10-15(21)11-19)14-7-8-17(22-2)18(9-14)24-16-5-3-4-6-16/h7-9,16H,3-6,10-12H2,1-2H3. The molecule has 1 aromatic rings. The molecule has 24 heavy (non-hydrogen) atoms. The molecule has 2 aliphatic rings. The highest BCUT2D eigenvalue weighted by atomic mass is 16.5. The number of ketones is 1. The normalized spacial score (nSPS) is 19.7. The van der Waals surface area contributed by atoms with Crippen molar-refractivity contribution in [3.8, 4) is 11.5 Å². The minimum atomic E-state index is -0.428. The van der Waals surface area contributed by atoms with Crippen molar-refractivity contribution in [1.29, 1.82) is 0 Å². The maximum absolute atomic E-state index is 11.6. The highest BCUT2D eigenvalue weighted by Gasteiger charge is 2.46. The Kier molecular flexibility index (Phi) is 4.78. The molecule has 0 heterocycles. The number of rotatable bonds is 6. The summed E-state index contributed by atoms with van der Waals surface area (Å²) in [6, 6.07) is 5.77. The number of hydrogen-bond acceptors (Lipinski definition) is 5. The van der Waals surface area contributed by atoms with Crippen molar-refractivity contribution in [1.82, 2.24) is 0 Å². The number of esters is 1.